The van der Waals surface area contributed by atoms with Crippen LogP contribution in [0.1, 0.15) is 43.2 Å². The van der Waals surface area contributed by atoms with Gasteiger partial charge in [0.15, 0.2) is 11.5 Å². The fraction of sp³-hybridized carbons (Fsp3) is 0.619. The van der Waals surface area contributed by atoms with Crippen molar-refractivity contribution in [1.29, 1.82) is 0 Å². The summed E-state index contributed by atoms with van der Waals surface area (Å²) in [6.07, 6.45) is 5.79. The molecule has 1 saturated heterocycles. The summed E-state index contributed by atoms with van der Waals surface area (Å²) in [5.41, 5.74) is 2.21. The molecule has 4 nitrogen and oxygen atoms in total. The minimum atomic E-state index is -0.780. The maximum Gasteiger partial charge on any atom is 0.166 e. The molecule has 3 aliphatic carbocycles. The smallest absolute Gasteiger partial charge is 0.166 e. The Labute approximate surface area is 148 Å². The molecular weight excluding hydrogens is 314 g/mol. The zero-order valence-corrected chi connectivity index (χ0v) is 14.5. The van der Waals surface area contributed by atoms with Crippen molar-refractivity contribution < 1.29 is 14.9 Å². The van der Waals surface area contributed by atoms with Crippen LogP contribution in [0.4, 0.5) is 0 Å². The van der Waals surface area contributed by atoms with E-state index in [2.05, 4.69) is 11.5 Å². The zero-order valence-electron chi connectivity index (χ0n) is 14.5. The molecule has 132 valence electrons. The standard InChI is InChI=1S/C21H25NO3/c1-12-6-7-21(24)16-10-14-4-5-15(23)18-17(14)20(21,19(12)25-18)8-9-22(16)11-13-2-3-13/h4-5,13,16,19,23-24H,1-3,6-11H2/t16-,19?,20?,21+/m0/s1. The van der Waals surface area contributed by atoms with Gasteiger partial charge in [0.2, 0.25) is 0 Å². The van der Waals surface area contributed by atoms with Crippen LogP contribution in [0.15, 0.2) is 24.3 Å². The van der Waals surface area contributed by atoms with E-state index in [9.17, 15) is 10.2 Å². The molecule has 2 N–H and O–H groups in total. The predicted octanol–water partition coefficient (Wildman–Crippen LogP) is 2.51. The highest BCUT2D eigenvalue weighted by atomic mass is 16.5. The Hall–Kier alpha value is -1.52. The Kier molecular flexibility index (Phi) is 2.58. The molecule has 0 aromatic heterocycles. The first-order valence-corrected chi connectivity index (χ1v) is 9.71. The van der Waals surface area contributed by atoms with Crippen molar-refractivity contribution in [2.75, 3.05) is 13.1 Å². The third-order valence-electron chi connectivity index (χ3n) is 7.71. The lowest BCUT2D eigenvalue weighted by Crippen LogP contribution is -2.75. The summed E-state index contributed by atoms with van der Waals surface area (Å²) >= 11 is 0. The molecule has 0 amide bonds. The molecule has 2 bridgehead atoms. The molecule has 0 radical (unpaired) electrons. The summed E-state index contributed by atoms with van der Waals surface area (Å²) in [6, 6.07) is 3.96. The summed E-state index contributed by atoms with van der Waals surface area (Å²) < 4.78 is 6.29. The van der Waals surface area contributed by atoms with E-state index in [4.69, 9.17) is 4.74 Å². The number of nitrogens with zero attached hydrogens (tertiary/aromatic N) is 1. The summed E-state index contributed by atoms with van der Waals surface area (Å²) in [5, 5.41) is 22.5. The number of phenols is 1. The molecular formula is C21H25NO3. The number of benzene rings is 1. The number of aliphatic hydroxyl groups is 1. The van der Waals surface area contributed by atoms with Gasteiger partial charge in [-0.05, 0) is 68.2 Å². The van der Waals surface area contributed by atoms with E-state index in [-0.39, 0.29) is 17.9 Å². The number of phenolic OH excluding ortho intramolecular Hbond substituents is 1. The van der Waals surface area contributed by atoms with Crippen molar-refractivity contribution in [3.63, 3.8) is 0 Å². The Bertz CT molecular complexity index is 801. The highest BCUT2D eigenvalue weighted by molar-refractivity contribution is 5.63. The predicted molar refractivity (Wildman–Crippen MR) is 93.9 cm³/mol. The Morgan fingerprint density at radius 1 is 1.28 bits per heavy atom. The van der Waals surface area contributed by atoms with Gasteiger partial charge in [0.25, 0.3) is 0 Å². The zero-order chi connectivity index (χ0) is 17.0. The monoisotopic (exact) mass is 339 g/mol. The van der Waals surface area contributed by atoms with Crippen molar-refractivity contribution in [3.8, 4) is 11.5 Å². The molecule has 2 unspecified atom stereocenters. The van der Waals surface area contributed by atoms with E-state index >= 15 is 0 Å². The average molecular weight is 339 g/mol. The van der Waals surface area contributed by atoms with Crippen LogP contribution in [-0.2, 0) is 11.8 Å². The minimum absolute atomic E-state index is 0.157. The van der Waals surface area contributed by atoms with Gasteiger partial charge in [-0.2, -0.15) is 0 Å². The third kappa shape index (κ3) is 1.57. The van der Waals surface area contributed by atoms with Gasteiger partial charge in [-0.1, -0.05) is 12.6 Å². The topological polar surface area (TPSA) is 52.9 Å². The van der Waals surface area contributed by atoms with Crippen molar-refractivity contribution in [2.45, 2.75) is 61.7 Å². The first kappa shape index (κ1) is 14.6. The van der Waals surface area contributed by atoms with E-state index in [0.717, 1.165) is 55.8 Å². The molecule has 25 heavy (non-hydrogen) atoms. The van der Waals surface area contributed by atoms with Gasteiger partial charge in [-0.3, -0.25) is 4.90 Å². The fourth-order valence-corrected chi connectivity index (χ4v) is 6.39. The van der Waals surface area contributed by atoms with Crippen molar-refractivity contribution in [1.82, 2.24) is 4.90 Å². The number of likely N-dealkylation sites (tertiary alicyclic amines) is 1. The van der Waals surface area contributed by atoms with Gasteiger partial charge in [0.1, 0.15) is 6.10 Å². The first-order chi connectivity index (χ1) is 12.0. The first-order valence-electron chi connectivity index (χ1n) is 9.71. The SMILES string of the molecule is C=C1CC[C@@]2(O)[C@@H]3Cc4ccc(O)c5c4C2(CCN3CC2CC2)C1O5. The molecule has 2 saturated carbocycles. The van der Waals surface area contributed by atoms with Crippen LogP contribution in [0.25, 0.3) is 0 Å². The number of hydrogen-bond acceptors (Lipinski definition) is 4. The average Bonchev–Trinajstić information content (AvgIpc) is 3.32. The molecule has 2 aliphatic heterocycles. The van der Waals surface area contributed by atoms with Crippen LogP contribution < -0.4 is 4.74 Å². The number of rotatable bonds is 2. The van der Waals surface area contributed by atoms with E-state index in [1.165, 1.54) is 18.4 Å². The minimum Gasteiger partial charge on any atom is -0.504 e. The van der Waals surface area contributed by atoms with Gasteiger partial charge in [0.05, 0.1) is 11.0 Å². The number of piperidine rings is 1. The number of aromatic hydroxyl groups is 1. The summed E-state index contributed by atoms with van der Waals surface area (Å²) in [7, 11) is 0. The van der Waals surface area contributed by atoms with Crippen LogP contribution in [0.3, 0.4) is 0 Å². The highest BCUT2D eigenvalue weighted by Crippen LogP contribution is 2.66. The van der Waals surface area contributed by atoms with Gasteiger partial charge in [0, 0.05) is 18.2 Å². The van der Waals surface area contributed by atoms with Crippen LogP contribution in [0, 0.1) is 5.92 Å². The summed E-state index contributed by atoms with van der Waals surface area (Å²) in [6.45, 7) is 6.40. The van der Waals surface area contributed by atoms with Crippen LogP contribution in [0.2, 0.25) is 0 Å². The molecule has 2 heterocycles. The third-order valence-corrected chi connectivity index (χ3v) is 7.71. The molecule has 1 aromatic carbocycles. The molecule has 4 atom stereocenters. The lowest BCUT2D eigenvalue weighted by atomic mass is 9.48. The van der Waals surface area contributed by atoms with Crippen LogP contribution in [-0.4, -0.2) is 45.9 Å². The number of hydrogen-bond donors (Lipinski definition) is 2. The Balaban J connectivity index is 1.58. The van der Waals surface area contributed by atoms with Crippen molar-refractivity contribution >= 4 is 0 Å². The van der Waals surface area contributed by atoms with Crippen LogP contribution in [0.5, 0.6) is 11.5 Å². The van der Waals surface area contributed by atoms with E-state index < -0.39 is 11.0 Å². The van der Waals surface area contributed by atoms with E-state index in [1.54, 1.807) is 6.07 Å². The lowest BCUT2D eigenvalue weighted by Gasteiger charge is -2.63. The van der Waals surface area contributed by atoms with Crippen LogP contribution >= 0.6 is 0 Å². The molecule has 1 spiro atoms. The Morgan fingerprint density at radius 2 is 2.12 bits per heavy atom. The summed E-state index contributed by atoms with van der Waals surface area (Å²) in [4.78, 5) is 2.56. The van der Waals surface area contributed by atoms with E-state index in [0.29, 0.717) is 5.75 Å². The normalized spacial score (nSPS) is 41.4. The second kappa shape index (κ2) is 4.41. The maximum atomic E-state index is 12.1. The quantitative estimate of drug-likeness (QED) is 0.813. The van der Waals surface area contributed by atoms with E-state index in [1.807, 2.05) is 6.07 Å². The number of ether oxygens (including phenoxy) is 1. The maximum absolute atomic E-state index is 12.1. The second-order valence-corrected chi connectivity index (χ2v) is 8.91. The van der Waals surface area contributed by atoms with Gasteiger partial charge in [-0.15, -0.1) is 0 Å². The highest BCUT2D eigenvalue weighted by Gasteiger charge is 2.71. The van der Waals surface area contributed by atoms with Crippen molar-refractivity contribution in [2.24, 2.45) is 5.92 Å². The molecule has 1 aromatic rings. The molecule has 3 fully saturated rings. The van der Waals surface area contributed by atoms with Gasteiger partial charge >= 0.3 is 0 Å². The summed E-state index contributed by atoms with van der Waals surface area (Å²) in [5.74, 6) is 1.64. The molecule has 5 aliphatic rings. The van der Waals surface area contributed by atoms with Gasteiger partial charge < -0.3 is 14.9 Å². The largest absolute Gasteiger partial charge is 0.504 e. The van der Waals surface area contributed by atoms with Crippen molar-refractivity contribution in [3.05, 3.63) is 35.4 Å². The second-order valence-electron chi connectivity index (χ2n) is 8.91. The molecule has 6 rings (SSSR count). The van der Waals surface area contributed by atoms with Gasteiger partial charge in [-0.25, -0.2) is 0 Å². The molecule has 4 heteroatoms. The lowest BCUT2D eigenvalue weighted by molar-refractivity contribution is -0.174. The fourth-order valence-electron chi connectivity index (χ4n) is 6.39. The Morgan fingerprint density at radius 3 is 2.92 bits per heavy atom.